The average molecular weight is 310 g/mol. The van der Waals surface area contributed by atoms with Gasteiger partial charge in [-0.05, 0) is 19.3 Å². The highest BCUT2D eigenvalue weighted by Crippen LogP contribution is 2.30. The monoisotopic (exact) mass is 310 g/mol. The molecule has 0 aromatic carbocycles. The average Bonchev–Trinajstić information content (AvgIpc) is 3.11. The van der Waals surface area contributed by atoms with Crippen molar-refractivity contribution in [1.29, 1.82) is 0 Å². The van der Waals surface area contributed by atoms with E-state index >= 15 is 0 Å². The van der Waals surface area contributed by atoms with Crippen molar-refractivity contribution < 1.29 is 9.53 Å². The van der Waals surface area contributed by atoms with Gasteiger partial charge in [0.2, 0.25) is 0 Å². The molecule has 0 aliphatic carbocycles. The molecule has 1 aromatic heterocycles. The van der Waals surface area contributed by atoms with Crippen LogP contribution < -0.4 is 16.0 Å². The number of hydrogen-bond donors (Lipinski definition) is 2. The second-order valence-corrected chi connectivity index (χ2v) is 5.83. The fourth-order valence-corrected chi connectivity index (χ4v) is 3.07. The van der Waals surface area contributed by atoms with Crippen LogP contribution in [0.1, 0.15) is 28.9 Å². The van der Waals surface area contributed by atoms with Crippen LogP contribution in [0.25, 0.3) is 0 Å². The molecule has 7 heteroatoms. The first kappa shape index (κ1) is 15.8. The van der Waals surface area contributed by atoms with Gasteiger partial charge >= 0.3 is 0 Å². The van der Waals surface area contributed by atoms with Crippen LogP contribution in [0.4, 0.5) is 10.9 Å². The van der Waals surface area contributed by atoms with Crippen molar-refractivity contribution in [1.82, 2.24) is 10.3 Å². The van der Waals surface area contributed by atoms with E-state index in [-0.39, 0.29) is 5.91 Å². The molecule has 6 nitrogen and oxygen atoms in total. The Bertz CT molecular complexity index is 483. The molecule has 0 saturated carbocycles. The number of amides is 1. The summed E-state index contributed by atoms with van der Waals surface area (Å²) >= 11 is 1.36. The van der Waals surface area contributed by atoms with Crippen LogP contribution in [0.5, 0.6) is 0 Å². The molecule has 0 unspecified atom stereocenters. The molecule has 0 radical (unpaired) electrons. The Morgan fingerprint density at radius 1 is 1.48 bits per heavy atom. The number of thiazole rings is 1. The highest BCUT2D eigenvalue weighted by Gasteiger charge is 2.21. The molecule has 1 amide bonds. The van der Waals surface area contributed by atoms with Crippen LogP contribution in [0.3, 0.4) is 0 Å². The number of carbonyl (C=O) groups excluding carboxylic acids is 1. The lowest BCUT2D eigenvalue weighted by Gasteiger charge is -2.11. The zero-order chi connectivity index (χ0) is 15.1. The summed E-state index contributed by atoms with van der Waals surface area (Å²) in [4.78, 5) is 19.0. The fraction of sp³-hybridized carbons (Fsp3) is 0.571. The van der Waals surface area contributed by atoms with Crippen LogP contribution in [0, 0.1) is 0 Å². The molecule has 1 aliphatic rings. The van der Waals surface area contributed by atoms with Crippen molar-refractivity contribution in [2.75, 3.05) is 43.5 Å². The summed E-state index contributed by atoms with van der Waals surface area (Å²) in [5.74, 6) is 0.134. The van der Waals surface area contributed by atoms with Gasteiger partial charge in [0.05, 0.1) is 13.2 Å². The molecule has 0 atom stereocenters. The van der Waals surface area contributed by atoms with Crippen molar-refractivity contribution in [2.24, 2.45) is 0 Å². The lowest BCUT2D eigenvalue weighted by Crippen LogP contribution is -2.27. The molecule has 0 spiro atoms. The van der Waals surface area contributed by atoms with E-state index in [1.807, 2.05) is 0 Å². The third-order valence-corrected chi connectivity index (χ3v) is 4.35. The molecule has 3 N–H and O–H groups in total. The van der Waals surface area contributed by atoms with Gasteiger partial charge in [-0.3, -0.25) is 4.79 Å². The van der Waals surface area contributed by atoms with E-state index in [4.69, 9.17) is 10.5 Å². The van der Waals surface area contributed by atoms with Gasteiger partial charge in [-0.25, -0.2) is 4.98 Å². The first-order chi connectivity index (χ1) is 10.2. The van der Waals surface area contributed by atoms with Gasteiger partial charge in [0.1, 0.15) is 10.7 Å². The number of rotatable bonds is 8. The predicted octanol–water partition coefficient (Wildman–Crippen LogP) is 1.65. The van der Waals surface area contributed by atoms with E-state index in [1.165, 1.54) is 24.2 Å². The van der Waals surface area contributed by atoms with Gasteiger partial charge in [-0.1, -0.05) is 17.4 Å². The molecule has 2 rings (SSSR count). The maximum absolute atomic E-state index is 12.1. The van der Waals surface area contributed by atoms with E-state index in [0.29, 0.717) is 30.5 Å². The van der Waals surface area contributed by atoms with Crippen molar-refractivity contribution in [3.8, 4) is 0 Å². The summed E-state index contributed by atoms with van der Waals surface area (Å²) in [5.41, 5.74) is 5.85. The van der Waals surface area contributed by atoms with Crippen LogP contribution in [0.2, 0.25) is 0 Å². The number of anilines is 2. The van der Waals surface area contributed by atoms with E-state index in [1.54, 1.807) is 6.08 Å². The molecule has 116 valence electrons. The van der Waals surface area contributed by atoms with Gasteiger partial charge in [0.15, 0.2) is 5.13 Å². The largest absolute Gasteiger partial charge is 0.382 e. The van der Waals surface area contributed by atoms with E-state index < -0.39 is 0 Å². The van der Waals surface area contributed by atoms with Gasteiger partial charge in [-0.15, -0.1) is 6.58 Å². The Hall–Kier alpha value is -1.60. The van der Waals surface area contributed by atoms with Crippen molar-refractivity contribution in [3.05, 3.63) is 17.5 Å². The molecular weight excluding hydrogens is 288 g/mol. The summed E-state index contributed by atoms with van der Waals surface area (Å²) < 4.78 is 5.34. The van der Waals surface area contributed by atoms with E-state index in [2.05, 4.69) is 21.8 Å². The summed E-state index contributed by atoms with van der Waals surface area (Å²) in [5, 5.41) is 3.65. The second-order valence-electron chi connectivity index (χ2n) is 4.85. The smallest absolute Gasteiger partial charge is 0.265 e. The number of ether oxygens (including phenoxy) is 1. The number of nitrogens with zero attached hydrogens (tertiary/aromatic N) is 2. The minimum Gasteiger partial charge on any atom is -0.382 e. The number of hydrogen-bond acceptors (Lipinski definition) is 6. The Kier molecular flexibility index (Phi) is 6.01. The molecular formula is C14H22N4O2S. The van der Waals surface area contributed by atoms with E-state index in [0.717, 1.165) is 24.6 Å². The third kappa shape index (κ3) is 4.44. The zero-order valence-electron chi connectivity index (χ0n) is 12.1. The van der Waals surface area contributed by atoms with Gasteiger partial charge < -0.3 is 20.7 Å². The van der Waals surface area contributed by atoms with Gasteiger partial charge in [0, 0.05) is 19.6 Å². The Morgan fingerprint density at radius 2 is 2.24 bits per heavy atom. The highest BCUT2D eigenvalue weighted by molar-refractivity contribution is 7.18. The Labute approximate surface area is 129 Å². The lowest BCUT2D eigenvalue weighted by molar-refractivity contribution is 0.0922. The SMILES string of the molecule is C=CCCOCCNC(=O)c1sc(N2CCCC2)nc1N. The van der Waals surface area contributed by atoms with Gasteiger partial charge in [-0.2, -0.15) is 0 Å². The Morgan fingerprint density at radius 3 is 2.95 bits per heavy atom. The summed E-state index contributed by atoms with van der Waals surface area (Å²) in [7, 11) is 0. The summed E-state index contributed by atoms with van der Waals surface area (Å²) in [6.07, 6.45) is 4.96. The molecule has 1 aromatic rings. The maximum atomic E-state index is 12.1. The van der Waals surface area contributed by atoms with Crippen LogP contribution in [-0.2, 0) is 4.74 Å². The minimum absolute atomic E-state index is 0.178. The van der Waals surface area contributed by atoms with Crippen LogP contribution in [-0.4, -0.2) is 43.7 Å². The molecule has 2 heterocycles. The highest BCUT2D eigenvalue weighted by atomic mass is 32.1. The molecule has 1 fully saturated rings. The number of nitrogen functional groups attached to an aromatic ring is 1. The minimum atomic E-state index is -0.178. The third-order valence-electron chi connectivity index (χ3n) is 3.22. The lowest BCUT2D eigenvalue weighted by atomic mass is 10.4. The first-order valence-electron chi connectivity index (χ1n) is 7.20. The maximum Gasteiger partial charge on any atom is 0.265 e. The van der Waals surface area contributed by atoms with Crippen molar-refractivity contribution >= 4 is 28.2 Å². The number of carbonyl (C=O) groups is 1. The fourth-order valence-electron chi connectivity index (χ4n) is 2.11. The summed E-state index contributed by atoms with van der Waals surface area (Å²) in [6, 6.07) is 0. The number of nitrogens with one attached hydrogen (secondary N) is 1. The number of nitrogens with two attached hydrogens (primary N) is 1. The zero-order valence-corrected chi connectivity index (χ0v) is 13.0. The Balaban J connectivity index is 1.80. The second kappa shape index (κ2) is 7.99. The normalized spacial score (nSPS) is 14.4. The molecule has 1 saturated heterocycles. The van der Waals surface area contributed by atoms with Crippen LogP contribution >= 0.6 is 11.3 Å². The molecule has 1 aliphatic heterocycles. The number of aromatic nitrogens is 1. The van der Waals surface area contributed by atoms with Crippen LogP contribution in [0.15, 0.2) is 12.7 Å². The quantitative estimate of drug-likeness (QED) is 0.564. The van der Waals surface area contributed by atoms with Gasteiger partial charge in [0.25, 0.3) is 5.91 Å². The van der Waals surface area contributed by atoms with Crippen molar-refractivity contribution in [2.45, 2.75) is 19.3 Å². The summed E-state index contributed by atoms with van der Waals surface area (Å²) in [6.45, 7) is 7.17. The first-order valence-corrected chi connectivity index (χ1v) is 8.02. The molecule has 0 bridgehead atoms. The topological polar surface area (TPSA) is 80.5 Å². The van der Waals surface area contributed by atoms with E-state index in [9.17, 15) is 4.79 Å². The molecule has 21 heavy (non-hydrogen) atoms. The van der Waals surface area contributed by atoms with Crippen molar-refractivity contribution in [3.63, 3.8) is 0 Å². The predicted molar refractivity (Wildman–Crippen MR) is 85.9 cm³/mol. The standard InChI is InChI=1S/C14H22N4O2S/c1-2-3-9-20-10-6-16-13(19)11-12(15)17-14(21-11)18-7-4-5-8-18/h2H,1,3-10,15H2,(H,16,19).